The van der Waals surface area contributed by atoms with Crippen molar-refractivity contribution >= 4 is 33.4 Å². The van der Waals surface area contributed by atoms with Gasteiger partial charge in [-0.05, 0) is 50.2 Å². The van der Waals surface area contributed by atoms with E-state index in [1.165, 1.54) is 5.69 Å². The molecule has 0 saturated carbocycles. The molecular weight excluding hydrogens is 410 g/mol. The molecule has 0 aliphatic carbocycles. The van der Waals surface area contributed by atoms with Gasteiger partial charge in [0.1, 0.15) is 0 Å². The molecular formula is C20H28BrN3O3. The van der Waals surface area contributed by atoms with E-state index >= 15 is 0 Å². The maximum absolute atomic E-state index is 12.0. The fourth-order valence-corrected chi connectivity index (χ4v) is 4.47. The van der Waals surface area contributed by atoms with Gasteiger partial charge in [-0.1, -0.05) is 22.0 Å². The van der Waals surface area contributed by atoms with Gasteiger partial charge in [-0.3, -0.25) is 14.9 Å². The molecule has 2 heterocycles. The van der Waals surface area contributed by atoms with E-state index in [2.05, 4.69) is 37.5 Å². The Morgan fingerprint density at radius 2 is 2.00 bits per heavy atom. The average molecular weight is 438 g/mol. The van der Waals surface area contributed by atoms with E-state index in [4.69, 9.17) is 5.11 Å². The molecule has 2 aliphatic rings. The second-order valence-corrected chi connectivity index (χ2v) is 8.27. The third-order valence-electron chi connectivity index (χ3n) is 5.58. The SMILES string of the molecule is O=C1CCC(NCc2c(Br)cccc2N2CCC(CCCO)CC2)C(=O)N1. The molecule has 27 heavy (non-hydrogen) atoms. The lowest BCUT2D eigenvalue weighted by Crippen LogP contribution is -2.50. The molecule has 1 atom stereocenters. The van der Waals surface area contributed by atoms with Crippen LogP contribution in [0.3, 0.4) is 0 Å². The Hall–Kier alpha value is -1.44. The Morgan fingerprint density at radius 1 is 1.22 bits per heavy atom. The molecule has 3 rings (SSSR count). The lowest BCUT2D eigenvalue weighted by Gasteiger charge is -2.35. The summed E-state index contributed by atoms with van der Waals surface area (Å²) in [5, 5.41) is 14.7. The molecule has 6 nitrogen and oxygen atoms in total. The highest BCUT2D eigenvalue weighted by molar-refractivity contribution is 9.10. The third kappa shape index (κ3) is 5.30. The highest BCUT2D eigenvalue weighted by Gasteiger charge is 2.27. The van der Waals surface area contributed by atoms with E-state index in [0.29, 0.717) is 25.3 Å². The predicted octanol–water partition coefficient (Wildman–Crippen LogP) is 2.33. The summed E-state index contributed by atoms with van der Waals surface area (Å²) >= 11 is 3.66. The summed E-state index contributed by atoms with van der Waals surface area (Å²) in [6.45, 7) is 2.88. The largest absolute Gasteiger partial charge is 0.396 e. The van der Waals surface area contributed by atoms with Crippen molar-refractivity contribution in [3.63, 3.8) is 0 Å². The topological polar surface area (TPSA) is 81.7 Å². The highest BCUT2D eigenvalue weighted by Crippen LogP contribution is 2.32. The number of imide groups is 1. The monoisotopic (exact) mass is 437 g/mol. The number of benzene rings is 1. The number of nitrogens with zero attached hydrogens (tertiary/aromatic N) is 1. The van der Waals surface area contributed by atoms with Crippen LogP contribution in [0.15, 0.2) is 22.7 Å². The molecule has 0 spiro atoms. The van der Waals surface area contributed by atoms with E-state index in [1.54, 1.807) is 0 Å². The van der Waals surface area contributed by atoms with Gasteiger partial charge in [-0.15, -0.1) is 0 Å². The van der Waals surface area contributed by atoms with Gasteiger partial charge in [0.05, 0.1) is 6.04 Å². The second kappa shape index (κ2) is 9.66. The normalized spacial score (nSPS) is 21.4. The van der Waals surface area contributed by atoms with Crippen molar-refractivity contribution in [3.05, 3.63) is 28.2 Å². The molecule has 1 aromatic carbocycles. The third-order valence-corrected chi connectivity index (χ3v) is 6.33. The van der Waals surface area contributed by atoms with Crippen molar-refractivity contribution in [3.8, 4) is 0 Å². The number of carbonyl (C=O) groups is 2. The molecule has 2 fully saturated rings. The van der Waals surface area contributed by atoms with Crippen molar-refractivity contribution in [1.29, 1.82) is 0 Å². The number of halogens is 1. The molecule has 2 saturated heterocycles. The number of aliphatic hydroxyl groups excluding tert-OH is 1. The first-order valence-electron chi connectivity index (χ1n) is 9.78. The van der Waals surface area contributed by atoms with E-state index in [0.717, 1.165) is 48.8 Å². The van der Waals surface area contributed by atoms with Gasteiger partial charge in [-0.25, -0.2) is 0 Å². The zero-order chi connectivity index (χ0) is 19.2. The Labute approximate surface area is 168 Å². The molecule has 7 heteroatoms. The fraction of sp³-hybridized carbons (Fsp3) is 0.600. The minimum Gasteiger partial charge on any atom is -0.396 e. The summed E-state index contributed by atoms with van der Waals surface area (Å²) in [6.07, 6.45) is 5.21. The van der Waals surface area contributed by atoms with Crippen LogP contribution in [-0.2, 0) is 16.1 Å². The van der Waals surface area contributed by atoms with E-state index < -0.39 is 0 Å². The van der Waals surface area contributed by atoms with Crippen LogP contribution < -0.4 is 15.5 Å². The Bertz CT molecular complexity index is 674. The average Bonchev–Trinajstić information content (AvgIpc) is 2.67. The second-order valence-electron chi connectivity index (χ2n) is 7.42. The van der Waals surface area contributed by atoms with E-state index in [-0.39, 0.29) is 24.5 Å². The minimum atomic E-state index is -0.327. The van der Waals surface area contributed by atoms with Gasteiger partial charge in [0.2, 0.25) is 11.8 Å². The number of piperidine rings is 2. The smallest absolute Gasteiger partial charge is 0.243 e. The summed E-state index contributed by atoms with van der Waals surface area (Å²) < 4.78 is 1.03. The first-order chi connectivity index (χ1) is 13.1. The number of hydrogen-bond acceptors (Lipinski definition) is 5. The molecule has 0 bridgehead atoms. The zero-order valence-corrected chi connectivity index (χ0v) is 17.1. The summed E-state index contributed by atoms with van der Waals surface area (Å²) in [5.41, 5.74) is 2.35. The van der Waals surface area contributed by atoms with Crippen LogP contribution in [0.25, 0.3) is 0 Å². The van der Waals surface area contributed by atoms with Gasteiger partial charge < -0.3 is 15.3 Å². The van der Waals surface area contributed by atoms with Crippen molar-refractivity contribution in [2.24, 2.45) is 5.92 Å². The van der Waals surface area contributed by atoms with Crippen LogP contribution in [0.4, 0.5) is 5.69 Å². The van der Waals surface area contributed by atoms with Crippen molar-refractivity contribution in [1.82, 2.24) is 10.6 Å². The number of nitrogens with one attached hydrogen (secondary N) is 2. The minimum absolute atomic E-state index is 0.191. The van der Waals surface area contributed by atoms with Gasteiger partial charge in [0.15, 0.2) is 0 Å². The molecule has 0 radical (unpaired) electrons. The predicted molar refractivity (Wildman–Crippen MR) is 108 cm³/mol. The van der Waals surface area contributed by atoms with Crippen LogP contribution in [0, 0.1) is 5.92 Å². The van der Waals surface area contributed by atoms with Crippen LogP contribution in [0.2, 0.25) is 0 Å². The Balaban J connectivity index is 1.63. The highest BCUT2D eigenvalue weighted by atomic mass is 79.9. The van der Waals surface area contributed by atoms with Crippen molar-refractivity contribution in [2.45, 2.75) is 51.1 Å². The maximum Gasteiger partial charge on any atom is 0.243 e. The van der Waals surface area contributed by atoms with Crippen LogP contribution >= 0.6 is 15.9 Å². The zero-order valence-electron chi connectivity index (χ0n) is 15.5. The standard InChI is InChI=1S/C20H28BrN3O3/c21-16-4-1-5-18(24-10-8-14(9-11-24)3-2-12-25)15(16)13-22-17-6-7-19(26)23-20(17)27/h1,4-5,14,17,22,25H,2-3,6-13H2,(H,23,26,27). The lowest BCUT2D eigenvalue weighted by molar-refractivity contribution is -0.134. The maximum atomic E-state index is 12.0. The Morgan fingerprint density at radius 3 is 2.70 bits per heavy atom. The fourth-order valence-electron chi connectivity index (χ4n) is 3.97. The van der Waals surface area contributed by atoms with E-state index in [9.17, 15) is 9.59 Å². The van der Waals surface area contributed by atoms with Gasteiger partial charge in [-0.2, -0.15) is 0 Å². The first-order valence-corrected chi connectivity index (χ1v) is 10.6. The van der Waals surface area contributed by atoms with Crippen LogP contribution in [0.1, 0.15) is 44.1 Å². The molecule has 1 unspecified atom stereocenters. The number of anilines is 1. The molecule has 1 aromatic rings. The number of carbonyl (C=O) groups excluding carboxylic acids is 2. The molecule has 3 N–H and O–H groups in total. The van der Waals surface area contributed by atoms with Gasteiger partial charge >= 0.3 is 0 Å². The lowest BCUT2D eigenvalue weighted by atomic mass is 9.91. The Kier molecular flexibility index (Phi) is 7.26. The molecule has 0 aromatic heterocycles. The molecule has 2 aliphatic heterocycles. The number of hydrogen-bond donors (Lipinski definition) is 3. The van der Waals surface area contributed by atoms with Gasteiger partial charge in [0.25, 0.3) is 0 Å². The number of amides is 2. The summed E-state index contributed by atoms with van der Waals surface area (Å²) in [6, 6.07) is 5.89. The summed E-state index contributed by atoms with van der Waals surface area (Å²) in [4.78, 5) is 25.7. The summed E-state index contributed by atoms with van der Waals surface area (Å²) in [5.74, 6) is 0.277. The quantitative estimate of drug-likeness (QED) is 0.570. The molecule has 2 amide bonds. The number of aliphatic hydroxyl groups is 1. The van der Waals surface area contributed by atoms with Crippen LogP contribution in [-0.4, -0.2) is 42.7 Å². The van der Waals surface area contributed by atoms with Gasteiger partial charge in [0, 0.05) is 48.4 Å². The summed E-state index contributed by atoms with van der Waals surface area (Å²) in [7, 11) is 0. The van der Waals surface area contributed by atoms with E-state index in [1.807, 2.05) is 12.1 Å². The first kappa shape index (κ1) is 20.3. The number of rotatable bonds is 7. The van der Waals surface area contributed by atoms with Crippen molar-refractivity contribution < 1.29 is 14.7 Å². The molecule has 148 valence electrons. The van der Waals surface area contributed by atoms with Crippen LogP contribution in [0.5, 0.6) is 0 Å². The van der Waals surface area contributed by atoms with Crippen molar-refractivity contribution in [2.75, 3.05) is 24.6 Å².